The van der Waals surface area contributed by atoms with Crippen LogP contribution in [0.1, 0.15) is 293 Å². The quantitative estimate of drug-likeness (QED) is 0.0339. The lowest BCUT2D eigenvalue weighted by Gasteiger charge is -2.24. The van der Waals surface area contributed by atoms with E-state index in [1.54, 1.807) is 11.1 Å². The Morgan fingerprint density at radius 2 is 0.613 bits per heavy atom. The predicted octanol–water partition coefficient (Wildman–Crippen LogP) is 25.8. The summed E-state index contributed by atoms with van der Waals surface area (Å²) < 4.78 is 7.57. The highest BCUT2D eigenvalue weighted by molar-refractivity contribution is 9.10. The monoisotopic (exact) mass is 1210 g/mol. The zero-order valence-corrected chi connectivity index (χ0v) is 54.2. The van der Waals surface area contributed by atoms with E-state index < -0.39 is 0 Å². The third-order valence-electron chi connectivity index (χ3n) is 19.4. The van der Waals surface area contributed by atoms with Crippen LogP contribution in [0.15, 0.2) is 93.9 Å². The van der Waals surface area contributed by atoms with Crippen molar-refractivity contribution in [1.82, 2.24) is 9.13 Å². The summed E-state index contributed by atoms with van der Waals surface area (Å²) in [6, 6.07) is 32.9. The molecule has 0 bridgehead atoms. The Balaban J connectivity index is 0.762. The van der Waals surface area contributed by atoms with E-state index >= 15 is 0 Å². The van der Waals surface area contributed by atoms with Crippen LogP contribution in [-0.2, 0) is 25.7 Å². The van der Waals surface area contributed by atoms with Crippen LogP contribution >= 0.6 is 31.9 Å². The molecule has 2 heterocycles. The number of hydrogen-bond donors (Lipinski definition) is 0. The molecule has 2 atom stereocenters. The summed E-state index contributed by atoms with van der Waals surface area (Å²) in [5.74, 6) is 1.60. The highest BCUT2D eigenvalue weighted by Crippen LogP contribution is 2.42. The maximum atomic E-state index is 3.85. The molecule has 0 spiro atoms. The molecular formula is C76H110Br2N2. The molecule has 4 aromatic carbocycles. The molecule has 0 fully saturated rings. The summed E-state index contributed by atoms with van der Waals surface area (Å²) in [7, 11) is 0. The predicted molar refractivity (Wildman–Crippen MR) is 359 cm³/mol. The summed E-state index contributed by atoms with van der Waals surface area (Å²) in [5, 5.41) is 2.89. The van der Waals surface area contributed by atoms with Crippen LogP contribution in [0.25, 0.3) is 44.3 Å². The smallest absolute Gasteiger partial charge is 0.0535 e. The van der Waals surface area contributed by atoms with Crippen LogP contribution in [0.4, 0.5) is 0 Å². The number of hydrogen-bond acceptors (Lipinski definition) is 0. The molecule has 0 amide bonds. The molecule has 0 radical (unpaired) electrons. The normalized spacial score (nSPS) is 15.3. The van der Waals surface area contributed by atoms with Crippen LogP contribution in [0.2, 0.25) is 0 Å². The van der Waals surface area contributed by atoms with Crippen LogP contribution in [0, 0.1) is 11.8 Å². The minimum absolute atomic E-state index is 0.800. The molecule has 2 aromatic heterocycles. The average Bonchev–Trinajstić information content (AvgIpc) is 4.00. The lowest BCUT2D eigenvalue weighted by molar-refractivity contribution is 0.401. The van der Waals surface area contributed by atoms with Crippen LogP contribution in [0.5, 0.6) is 0 Å². The van der Waals surface area contributed by atoms with E-state index in [0.29, 0.717) is 0 Å². The van der Waals surface area contributed by atoms with Crippen LogP contribution < -0.4 is 0 Å². The van der Waals surface area contributed by atoms with E-state index in [2.05, 4.69) is 140 Å². The maximum Gasteiger partial charge on any atom is 0.0535 e. The lowest BCUT2D eigenvalue weighted by atomic mass is 9.83. The van der Waals surface area contributed by atoms with Gasteiger partial charge in [0.25, 0.3) is 0 Å². The minimum Gasteiger partial charge on any atom is -0.313 e. The highest BCUT2D eigenvalue weighted by atomic mass is 79.9. The van der Waals surface area contributed by atoms with Crippen molar-refractivity contribution >= 4 is 53.7 Å². The van der Waals surface area contributed by atoms with Gasteiger partial charge in [-0.25, -0.2) is 0 Å². The first-order valence-electron chi connectivity index (χ1n) is 34.4. The molecule has 80 heavy (non-hydrogen) atoms. The van der Waals surface area contributed by atoms with E-state index in [4.69, 9.17) is 0 Å². The first-order valence-corrected chi connectivity index (χ1v) is 36.0. The third-order valence-corrected chi connectivity index (χ3v) is 20.4. The second-order valence-electron chi connectivity index (χ2n) is 25.8. The summed E-state index contributed by atoms with van der Waals surface area (Å²) >= 11 is 7.71. The Kier molecular flexibility index (Phi) is 28.3. The van der Waals surface area contributed by atoms with Crippen molar-refractivity contribution in [2.45, 2.75) is 296 Å². The molecule has 2 unspecified atom stereocenters. The Morgan fingerprint density at radius 3 is 0.900 bits per heavy atom. The molecule has 8 rings (SSSR count). The molecule has 2 nitrogen and oxygen atoms in total. The van der Waals surface area contributed by atoms with Gasteiger partial charge in [-0.1, -0.05) is 314 Å². The van der Waals surface area contributed by atoms with Gasteiger partial charge in [0, 0.05) is 42.5 Å². The second kappa shape index (κ2) is 35.9. The minimum atomic E-state index is 0.800. The fourth-order valence-electron chi connectivity index (χ4n) is 14.6. The number of benzene rings is 4. The Bertz CT molecular complexity index is 2460. The fraction of sp³-hybridized carbons (Fsp3) is 0.632. The number of aromatic nitrogens is 2. The zero-order chi connectivity index (χ0) is 55.4. The van der Waals surface area contributed by atoms with Gasteiger partial charge in [-0.05, 0) is 133 Å². The Morgan fingerprint density at radius 1 is 0.338 bits per heavy atom. The summed E-state index contributed by atoms with van der Waals surface area (Å²) in [6.07, 6.45) is 62.1. The molecule has 4 heteroatoms. The van der Waals surface area contributed by atoms with Crippen LogP contribution in [0.3, 0.4) is 0 Å². The van der Waals surface area contributed by atoms with Crippen molar-refractivity contribution in [3.8, 4) is 22.5 Å². The van der Waals surface area contributed by atoms with E-state index in [0.717, 1.165) is 11.8 Å². The topological polar surface area (TPSA) is 9.86 Å². The standard InChI is InChI=1S/C76H110Br2N2/c1-3-5-7-9-11-13-15-17-19-21-23-25-27-29-31-33-35-37-39-61-41-53-73-69(57-61)71-59-65(77)47-55-75(71)79(73)67-49-43-63(44-50-67)64-45-51-68(52-46-64)80-74-54-42-62(58-70(74)72-60-66(78)48-56-76(72)80)40-38-36-34-32-30-28-26-24-22-20-18-16-14-12-10-8-6-4-2/h43-52,55-56,59-62H,3-42,53-54,57-58H2,1-2H3. The summed E-state index contributed by atoms with van der Waals surface area (Å²) in [6.45, 7) is 4.63. The summed E-state index contributed by atoms with van der Waals surface area (Å²) in [5.41, 5.74) is 14.1. The number of nitrogens with zero attached hydrogens (tertiary/aromatic N) is 2. The van der Waals surface area contributed by atoms with Crippen molar-refractivity contribution in [3.63, 3.8) is 0 Å². The SMILES string of the molecule is CCCCCCCCCCCCCCCCCCCCC1CCc2c(c3cc(Br)ccc3n2-c2ccc(-c3ccc(-n4c5c(c6cc(Br)ccc64)CC(CCCCCCCCCCCCCCCCCCCC)CC5)cc3)cc2)C1. The van der Waals surface area contributed by atoms with Crippen LogP contribution in [-0.4, -0.2) is 9.13 Å². The van der Waals surface area contributed by atoms with Crippen molar-refractivity contribution in [2.75, 3.05) is 0 Å². The van der Waals surface area contributed by atoms with Gasteiger partial charge in [0.1, 0.15) is 0 Å². The molecule has 0 saturated carbocycles. The lowest BCUT2D eigenvalue weighted by Crippen LogP contribution is -2.16. The van der Waals surface area contributed by atoms with Gasteiger partial charge in [0.05, 0.1) is 11.0 Å². The molecule has 2 aliphatic carbocycles. The molecule has 0 aliphatic heterocycles. The average molecular weight is 1210 g/mol. The van der Waals surface area contributed by atoms with E-state index in [9.17, 15) is 0 Å². The number of halogens is 2. The van der Waals surface area contributed by atoms with Gasteiger partial charge in [-0.2, -0.15) is 0 Å². The Hall–Kier alpha value is -3.08. The second-order valence-corrected chi connectivity index (χ2v) is 27.6. The van der Waals surface area contributed by atoms with Crippen molar-refractivity contribution < 1.29 is 0 Å². The van der Waals surface area contributed by atoms with Gasteiger partial charge in [-0.3, -0.25) is 0 Å². The maximum absolute atomic E-state index is 3.85. The first-order chi connectivity index (χ1) is 39.5. The van der Waals surface area contributed by atoms with E-state index in [1.807, 2.05) is 0 Å². The van der Waals surface area contributed by atoms with E-state index in [1.165, 1.54) is 347 Å². The summed E-state index contributed by atoms with van der Waals surface area (Å²) in [4.78, 5) is 0. The van der Waals surface area contributed by atoms with Crippen molar-refractivity contribution in [3.05, 3.63) is 116 Å². The van der Waals surface area contributed by atoms with Crippen molar-refractivity contribution in [2.24, 2.45) is 11.8 Å². The Labute approximate surface area is 506 Å². The largest absolute Gasteiger partial charge is 0.313 e. The van der Waals surface area contributed by atoms with E-state index in [-0.39, 0.29) is 0 Å². The number of unbranched alkanes of at least 4 members (excludes halogenated alkanes) is 34. The molecular weight excluding hydrogens is 1100 g/mol. The highest BCUT2D eigenvalue weighted by Gasteiger charge is 2.28. The molecule has 2 aliphatic rings. The third kappa shape index (κ3) is 19.5. The molecule has 0 saturated heterocycles. The van der Waals surface area contributed by atoms with Crippen molar-refractivity contribution in [1.29, 1.82) is 0 Å². The molecule has 6 aromatic rings. The van der Waals surface area contributed by atoms with Gasteiger partial charge < -0.3 is 9.13 Å². The van der Waals surface area contributed by atoms with Gasteiger partial charge in [-0.15, -0.1) is 0 Å². The first kappa shape index (κ1) is 63.0. The number of rotatable bonds is 41. The molecule has 438 valence electrons. The van der Waals surface area contributed by atoms with Gasteiger partial charge in [0.15, 0.2) is 0 Å². The zero-order valence-electron chi connectivity index (χ0n) is 51.0. The van der Waals surface area contributed by atoms with Gasteiger partial charge >= 0.3 is 0 Å². The molecule has 0 N–H and O–H groups in total. The fourth-order valence-corrected chi connectivity index (χ4v) is 15.3. The van der Waals surface area contributed by atoms with Gasteiger partial charge in [0.2, 0.25) is 0 Å². The number of fused-ring (bicyclic) bond motifs is 6.